The second kappa shape index (κ2) is 9.40. The highest BCUT2D eigenvalue weighted by Gasteiger charge is 2.27. The lowest BCUT2D eigenvalue weighted by Gasteiger charge is -2.32. The van der Waals surface area contributed by atoms with Crippen LogP contribution < -0.4 is 10.1 Å². The molecule has 1 amide bonds. The van der Waals surface area contributed by atoms with E-state index in [1.54, 1.807) is 4.90 Å². The Bertz CT molecular complexity index is 1050. The predicted molar refractivity (Wildman–Crippen MR) is 119 cm³/mol. The van der Waals surface area contributed by atoms with Crippen LogP contribution in [0.3, 0.4) is 0 Å². The van der Waals surface area contributed by atoms with Gasteiger partial charge in [-0.05, 0) is 44.0 Å². The monoisotopic (exact) mass is 439 g/mol. The summed E-state index contributed by atoms with van der Waals surface area (Å²) in [6.45, 7) is 7.29. The van der Waals surface area contributed by atoms with Crippen molar-refractivity contribution in [1.29, 1.82) is 0 Å². The number of aryl methyl sites for hydroxylation is 3. The first-order valence-corrected chi connectivity index (χ1v) is 10.9. The maximum Gasteiger partial charge on any atom is 0.260 e. The number of carbonyl (C=O) groups is 1. The number of aromatic nitrogens is 3. The summed E-state index contributed by atoms with van der Waals surface area (Å²) in [5, 5.41) is 12.8. The number of amides is 1. The van der Waals surface area contributed by atoms with Gasteiger partial charge in [-0.3, -0.25) is 4.79 Å². The molecular formula is C22H25N5O3S. The van der Waals surface area contributed by atoms with E-state index in [-0.39, 0.29) is 18.6 Å². The number of anilines is 2. The van der Waals surface area contributed by atoms with E-state index in [4.69, 9.17) is 9.47 Å². The second-order valence-electron chi connectivity index (χ2n) is 7.41. The van der Waals surface area contributed by atoms with Crippen molar-refractivity contribution < 1.29 is 14.3 Å². The number of morpholine rings is 1. The molecular weight excluding hydrogens is 414 g/mol. The number of pyridine rings is 1. The SMILES string of the molecule is Cc1nnc(Nc2cccc(C3CN(C(=O)COc4c(C)cccc4C)CCO3)n2)s1. The lowest BCUT2D eigenvalue weighted by molar-refractivity contribution is -0.141. The molecule has 1 unspecified atom stereocenters. The standard InChI is InChI=1S/C22H25N5O3S/c1-14-6-4-7-15(2)21(14)30-13-20(28)27-10-11-29-18(12-27)17-8-5-9-19(23-17)24-22-26-25-16(3)31-22/h4-9,18H,10-13H2,1-3H3,(H,23,24,26). The van der Waals surface area contributed by atoms with Crippen LogP contribution in [0.4, 0.5) is 10.9 Å². The summed E-state index contributed by atoms with van der Waals surface area (Å²) >= 11 is 1.46. The van der Waals surface area contributed by atoms with E-state index in [1.807, 2.05) is 57.2 Å². The topological polar surface area (TPSA) is 89.5 Å². The summed E-state index contributed by atoms with van der Waals surface area (Å²) in [7, 11) is 0. The van der Waals surface area contributed by atoms with E-state index in [0.29, 0.717) is 30.6 Å². The first-order chi connectivity index (χ1) is 15.0. The average molecular weight is 440 g/mol. The number of benzene rings is 1. The van der Waals surface area contributed by atoms with Crippen molar-refractivity contribution >= 4 is 28.2 Å². The first kappa shape index (κ1) is 21.2. The molecule has 0 spiro atoms. The van der Waals surface area contributed by atoms with Gasteiger partial charge >= 0.3 is 0 Å². The van der Waals surface area contributed by atoms with E-state index in [0.717, 1.165) is 27.6 Å². The quantitative estimate of drug-likeness (QED) is 0.628. The average Bonchev–Trinajstić information content (AvgIpc) is 3.18. The zero-order chi connectivity index (χ0) is 21.8. The zero-order valence-electron chi connectivity index (χ0n) is 17.8. The van der Waals surface area contributed by atoms with Gasteiger partial charge in [-0.25, -0.2) is 4.98 Å². The van der Waals surface area contributed by atoms with E-state index >= 15 is 0 Å². The number of nitrogens with one attached hydrogen (secondary N) is 1. The number of carbonyl (C=O) groups excluding carboxylic acids is 1. The van der Waals surface area contributed by atoms with Crippen LogP contribution in [-0.4, -0.2) is 52.3 Å². The van der Waals surface area contributed by atoms with Crippen molar-refractivity contribution in [1.82, 2.24) is 20.1 Å². The van der Waals surface area contributed by atoms with Crippen LogP contribution in [0.15, 0.2) is 36.4 Å². The third kappa shape index (κ3) is 5.18. The Balaban J connectivity index is 1.39. The van der Waals surface area contributed by atoms with Gasteiger partial charge in [0.05, 0.1) is 18.8 Å². The highest BCUT2D eigenvalue weighted by Crippen LogP contribution is 2.25. The van der Waals surface area contributed by atoms with E-state index < -0.39 is 0 Å². The lowest BCUT2D eigenvalue weighted by atomic mass is 10.1. The molecule has 2 aromatic heterocycles. The molecule has 3 aromatic rings. The summed E-state index contributed by atoms with van der Waals surface area (Å²) in [4.78, 5) is 19.2. The molecule has 9 heteroatoms. The number of rotatable bonds is 6. The molecule has 8 nitrogen and oxygen atoms in total. The fourth-order valence-electron chi connectivity index (χ4n) is 3.46. The summed E-state index contributed by atoms with van der Waals surface area (Å²) < 4.78 is 11.7. The maximum atomic E-state index is 12.8. The van der Waals surface area contributed by atoms with Gasteiger partial charge in [-0.15, -0.1) is 10.2 Å². The van der Waals surface area contributed by atoms with Gasteiger partial charge in [-0.2, -0.15) is 0 Å². The fourth-order valence-corrected chi connectivity index (χ4v) is 4.06. The van der Waals surface area contributed by atoms with Gasteiger partial charge in [0, 0.05) is 6.54 Å². The van der Waals surface area contributed by atoms with E-state index in [1.165, 1.54) is 11.3 Å². The maximum absolute atomic E-state index is 12.8. The molecule has 3 heterocycles. The summed E-state index contributed by atoms with van der Waals surface area (Å²) in [6, 6.07) is 11.6. The van der Waals surface area contributed by atoms with Crippen molar-refractivity contribution in [2.75, 3.05) is 31.6 Å². The van der Waals surface area contributed by atoms with Crippen LogP contribution >= 0.6 is 11.3 Å². The Kier molecular flexibility index (Phi) is 6.43. The van der Waals surface area contributed by atoms with Gasteiger partial charge < -0.3 is 19.7 Å². The zero-order valence-corrected chi connectivity index (χ0v) is 18.6. The highest BCUT2D eigenvalue weighted by atomic mass is 32.1. The van der Waals surface area contributed by atoms with Crippen molar-refractivity contribution in [2.45, 2.75) is 26.9 Å². The normalized spacial score (nSPS) is 16.2. The van der Waals surface area contributed by atoms with Crippen molar-refractivity contribution in [3.63, 3.8) is 0 Å². The minimum Gasteiger partial charge on any atom is -0.483 e. The molecule has 4 rings (SSSR count). The number of hydrogen-bond donors (Lipinski definition) is 1. The minimum absolute atomic E-state index is 0.00381. The predicted octanol–water partition coefficient (Wildman–Crippen LogP) is 3.58. The molecule has 1 aliphatic heterocycles. The molecule has 1 atom stereocenters. The lowest BCUT2D eigenvalue weighted by Crippen LogP contribution is -2.44. The molecule has 0 radical (unpaired) electrons. The molecule has 1 fully saturated rings. The number of hydrogen-bond acceptors (Lipinski definition) is 8. The third-order valence-electron chi connectivity index (χ3n) is 5.03. The van der Waals surface area contributed by atoms with Crippen LogP contribution in [0.5, 0.6) is 5.75 Å². The minimum atomic E-state index is -0.296. The van der Waals surface area contributed by atoms with Crippen molar-refractivity contribution in [2.24, 2.45) is 0 Å². The Morgan fingerprint density at radius 3 is 2.71 bits per heavy atom. The second-order valence-corrected chi connectivity index (χ2v) is 8.59. The van der Waals surface area contributed by atoms with Gasteiger partial charge in [0.15, 0.2) is 6.61 Å². The van der Waals surface area contributed by atoms with Crippen LogP contribution in [0.25, 0.3) is 0 Å². The smallest absolute Gasteiger partial charge is 0.260 e. The van der Waals surface area contributed by atoms with Crippen molar-refractivity contribution in [3.05, 3.63) is 58.2 Å². The molecule has 1 N–H and O–H groups in total. The van der Waals surface area contributed by atoms with Crippen molar-refractivity contribution in [3.8, 4) is 5.75 Å². The Morgan fingerprint density at radius 2 is 1.97 bits per heavy atom. The molecule has 1 saturated heterocycles. The van der Waals surface area contributed by atoms with Crippen LogP contribution in [0.2, 0.25) is 0 Å². The molecule has 0 saturated carbocycles. The van der Waals surface area contributed by atoms with E-state index in [9.17, 15) is 4.79 Å². The molecule has 162 valence electrons. The van der Waals surface area contributed by atoms with Crippen LogP contribution in [-0.2, 0) is 9.53 Å². The number of nitrogens with zero attached hydrogens (tertiary/aromatic N) is 4. The summed E-state index contributed by atoms with van der Waals surface area (Å²) in [6.07, 6.45) is -0.296. The van der Waals surface area contributed by atoms with Gasteiger partial charge in [-0.1, -0.05) is 35.6 Å². The Labute approximate surface area is 185 Å². The molecule has 1 aliphatic rings. The largest absolute Gasteiger partial charge is 0.483 e. The van der Waals surface area contributed by atoms with Gasteiger partial charge in [0.1, 0.15) is 22.7 Å². The van der Waals surface area contributed by atoms with E-state index in [2.05, 4.69) is 20.5 Å². The van der Waals surface area contributed by atoms with Crippen LogP contribution in [0, 0.1) is 20.8 Å². The Hall–Kier alpha value is -3.04. The third-order valence-corrected chi connectivity index (χ3v) is 5.78. The summed E-state index contributed by atoms with van der Waals surface area (Å²) in [5.41, 5.74) is 2.80. The molecule has 31 heavy (non-hydrogen) atoms. The summed E-state index contributed by atoms with van der Waals surface area (Å²) in [5.74, 6) is 1.38. The van der Waals surface area contributed by atoms with Crippen LogP contribution in [0.1, 0.15) is 27.9 Å². The Morgan fingerprint density at radius 1 is 1.19 bits per heavy atom. The number of para-hydroxylation sites is 1. The highest BCUT2D eigenvalue weighted by molar-refractivity contribution is 7.15. The molecule has 0 aliphatic carbocycles. The molecule has 1 aromatic carbocycles. The van der Waals surface area contributed by atoms with Gasteiger partial charge in [0.2, 0.25) is 5.13 Å². The fraction of sp³-hybridized carbons (Fsp3) is 0.364. The number of ether oxygens (including phenoxy) is 2. The van der Waals surface area contributed by atoms with Gasteiger partial charge in [0.25, 0.3) is 5.91 Å². The first-order valence-electron chi connectivity index (χ1n) is 10.1. The molecule has 0 bridgehead atoms.